The number of rotatable bonds is 3. The lowest BCUT2D eigenvalue weighted by Gasteiger charge is -2.22. The van der Waals surface area contributed by atoms with Gasteiger partial charge in [0, 0.05) is 30.3 Å². The van der Waals surface area contributed by atoms with E-state index in [-0.39, 0.29) is 0 Å². The minimum absolute atomic E-state index is 0.600. The summed E-state index contributed by atoms with van der Waals surface area (Å²) in [5.41, 5.74) is 0.784. The topological polar surface area (TPSA) is 34.1 Å². The second-order valence-corrected chi connectivity index (χ2v) is 4.05. The summed E-state index contributed by atoms with van der Waals surface area (Å²) in [5, 5.41) is 3.36. The van der Waals surface area contributed by atoms with Crippen LogP contribution in [0.1, 0.15) is 18.4 Å². The van der Waals surface area contributed by atoms with Crippen molar-refractivity contribution in [2.45, 2.75) is 12.8 Å². The van der Waals surface area contributed by atoms with E-state index in [1.165, 1.54) is 12.8 Å². The average molecular weight is 216 g/mol. The maximum atomic E-state index is 5.63. The molecule has 1 saturated heterocycles. The number of nitrogens with zero attached hydrogens (tertiary/aromatic N) is 1. The Bertz CT molecular complexity index is 361. The smallest absolute Gasteiger partial charge is 0.213 e. The van der Waals surface area contributed by atoms with Gasteiger partial charge in [-0.2, -0.15) is 0 Å². The molecule has 3 heteroatoms. The van der Waals surface area contributed by atoms with E-state index >= 15 is 0 Å². The highest BCUT2D eigenvalue weighted by atomic mass is 16.5. The van der Waals surface area contributed by atoms with Crippen molar-refractivity contribution in [1.82, 2.24) is 10.3 Å². The van der Waals surface area contributed by atoms with Crippen molar-refractivity contribution < 1.29 is 4.74 Å². The first-order valence-corrected chi connectivity index (χ1v) is 5.64. The highest BCUT2D eigenvalue weighted by molar-refractivity contribution is 5.31. The molecule has 2 heterocycles. The number of piperidine rings is 1. The molecule has 0 saturated carbocycles. The lowest BCUT2D eigenvalue weighted by atomic mass is 10.0. The molecule has 16 heavy (non-hydrogen) atoms. The van der Waals surface area contributed by atoms with Crippen molar-refractivity contribution >= 4 is 0 Å². The van der Waals surface area contributed by atoms with E-state index in [1.54, 1.807) is 6.20 Å². The molecule has 0 radical (unpaired) electrons. The number of terminal acetylenes is 1. The predicted octanol–water partition coefficient (Wildman–Crippen LogP) is 1.44. The van der Waals surface area contributed by atoms with Gasteiger partial charge in [0.05, 0.1) is 6.61 Å². The van der Waals surface area contributed by atoms with E-state index in [2.05, 4.69) is 16.2 Å². The zero-order chi connectivity index (χ0) is 11.2. The van der Waals surface area contributed by atoms with Gasteiger partial charge in [-0.05, 0) is 25.5 Å². The van der Waals surface area contributed by atoms with Crippen molar-refractivity contribution in [2.75, 3.05) is 19.7 Å². The Hall–Kier alpha value is -1.53. The van der Waals surface area contributed by atoms with Gasteiger partial charge in [-0.15, -0.1) is 6.42 Å². The second-order valence-electron chi connectivity index (χ2n) is 4.05. The minimum atomic E-state index is 0.600. The number of hydrogen-bond acceptors (Lipinski definition) is 3. The number of ether oxygens (including phenoxy) is 1. The summed E-state index contributed by atoms with van der Waals surface area (Å²) in [7, 11) is 0. The third kappa shape index (κ3) is 2.98. The summed E-state index contributed by atoms with van der Waals surface area (Å²) in [6, 6.07) is 3.67. The number of nitrogens with one attached hydrogen (secondary N) is 1. The normalized spacial score (nSPS) is 20.1. The van der Waals surface area contributed by atoms with Gasteiger partial charge in [0.15, 0.2) is 0 Å². The molecular formula is C13H16N2O. The number of aromatic nitrogens is 1. The van der Waals surface area contributed by atoms with Gasteiger partial charge >= 0.3 is 0 Å². The number of pyridine rings is 1. The first-order chi connectivity index (χ1) is 7.88. The zero-order valence-corrected chi connectivity index (χ0v) is 9.28. The SMILES string of the molecule is C#Cc1ccc(OCC2CCCNC2)nc1. The van der Waals surface area contributed by atoms with E-state index in [0.717, 1.165) is 25.3 Å². The van der Waals surface area contributed by atoms with Crippen LogP contribution < -0.4 is 10.1 Å². The minimum Gasteiger partial charge on any atom is -0.477 e. The Morgan fingerprint density at radius 1 is 1.56 bits per heavy atom. The molecule has 0 aliphatic carbocycles. The van der Waals surface area contributed by atoms with Gasteiger partial charge in [-0.3, -0.25) is 0 Å². The zero-order valence-electron chi connectivity index (χ0n) is 9.28. The van der Waals surface area contributed by atoms with Crippen molar-refractivity contribution in [1.29, 1.82) is 0 Å². The molecule has 1 aliphatic rings. The van der Waals surface area contributed by atoms with E-state index < -0.39 is 0 Å². The fraction of sp³-hybridized carbons (Fsp3) is 0.462. The van der Waals surface area contributed by atoms with Crippen LogP contribution in [0.3, 0.4) is 0 Å². The fourth-order valence-electron chi connectivity index (χ4n) is 1.82. The maximum Gasteiger partial charge on any atom is 0.213 e. The maximum absolute atomic E-state index is 5.63. The summed E-state index contributed by atoms with van der Waals surface area (Å²) in [4.78, 5) is 4.15. The summed E-state index contributed by atoms with van der Waals surface area (Å²) >= 11 is 0. The summed E-state index contributed by atoms with van der Waals surface area (Å²) in [6.45, 7) is 2.91. The van der Waals surface area contributed by atoms with Gasteiger partial charge < -0.3 is 10.1 Å². The molecule has 2 rings (SSSR count). The molecule has 0 spiro atoms. The first-order valence-electron chi connectivity index (χ1n) is 5.64. The van der Waals surface area contributed by atoms with Crippen LogP contribution in [-0.4, -0.2) is 24.7 Å². The van der Waals surface area contributed by atoms with Crippen LogP contribution in [0, 0.1) is 18.3 Å². The fourth-order valence-corrected chi connectivity index (χ4v) is 1.82. The van der Waals surface area contributed by atoms with E-state index in [9.17, 15) is 0 Å². The Morgan fingerprint density at radius 2 is 2.50 bits per heavy atom. The molecule has 3 nitrogen and oxygen atoms in total. The lowest BCUT2D eigenvalue weighted by molar-refractivity contribution is 0.212. The largest absolute Gasteiger partial charge is 0.477 e. The van der Waals surface area contributed by atoms with Crippen molar-refractivity contribution in [3.63, 3.8) is 0 Å². The Labute approximate surface area is 96.2 Å². The standard InChI is InChI=1S/C13H16N2O/c1-2-11-5-6-13(15-9-11)16-10-12-4-3-7-14-8-12/h1,5-6,9,12,14H,3-4,7-8,10H2. The molecule has 1 atom stereocenters. The second kappa shape index (κ2) is 5.53. The third-order valence-electron chi connectivity index (χ3n) is 2.77. The van der Waals surface area contributed by atoms with E-state index in [0.29, 0.717) is 11.8 Å². The van der Waals surface area contributed by atoms with Gasteiger partial charge in [-0.25, -0.2) is 4.98 Å². The first kappa shape index (κ1) is 11.0. The monoisotopic (exact) mass is 216 g/mol. The van der Waals surface area contributed by atoms with Crippen LogP contribution in [0.25, 0.3) is 0 Å². The number of hydrogen-bond donors (Lipinski definition) is 1. The molecule has 1 N–H and O–H groups in total. The van der Waals surface area contributed by atoms with Gasteiger partial charge in [0.2, 0.25) is 5.88 Å². The Morgan fingerprint density at radius 3 is 3.12 bits per heavy atom. The van der Waals surface area contributed by atoms with E-state index in [4.69, 9.17) is 11.2 Å². The molecule has 1 aliphatic heterocycles. The van der Waals surface area contributed by atoms with Gasteiger partial charge in [0.25, 0.3) is 0 Å². The van der Waals surface area contributed by atoms with E-state index in [1.807, 2.05) is 12.1 Å². The van der Waals surface area contributed by atoms with Crippen LogP contribution in [0.5, 0.6) is 5.88 Å². The Balaban J connectivity index is 1.82. The average Bonchev–Trinajstić information content (AvgIpc) is 2.38. The predicted molar refractivity (Wildman–Crippen MR) is 63.3 cm³/mol. The van der Waals surface area contributed by atoms with Crippen molar-refractivity contribution in [2.24, 2.45) is 5.92 Å². The highest BCUT2D eigenvalue weighted by Gasteiger charge is 2.13. The highest BCUT2D eigenvalue weighted by Crippen LogP contribution is 2.13. The Kier molecular flexibility index (Phi) is 3.79. The lowest BCUT2D eigenvalue weighted by Crippen LogP contribution is -2.33. The summed E-state index contributed by atoms with van der Waals surface area (Å²) in [5.74, 6) is 3.79. The van der Waals surface area contributed by atoms with Crippen LogP contribution in [0.15, 0.2) is 18.3 Å². The molecule has 1 fully saturated rings. The summed E-state index contributed by atoms with van der Waals surface area (Å²) < 4.78 is 5.63. The summed E-state index contributed by atoms with van der Waals surface area (Å²) in [6.07, 6.45) is 9.38. The van der Waals surface area contributed by atoms with Gasteiger partial charge in [-0.1, -0.05) is 5.92 Å². The molecule has 84 valence electrons. The van der Waals surface area contributed by atoms with Crippen LogP contribution in [-0.2, 0) is 0 Å². The molecule has 1 aromatic rings. The van der Waals surface area contributed by atoms with Crippen LogP contribution in [0.2, 0.25) is 0 Å². The van der Waals surface area contributed by atoms with Crippen LogP contribution in [0.4, 0.5) is 0 Å². The molecular weight excluding hydrogens is 200 g/mol. The molecule has 0 bridgehead atoms. The van der Waals surface area contributed by atoms with Crippen LogP contribution >= 0.6 is 0 Å². The van der Waals surface area contributed by atoms with Crippen molar-refractivity contribution in [3.8, 4) is 18.2 Å². The molecule has 1 aromatic heterocycles. The third-order valence-corrected chi connectivity index (χ3v) is 2.77. The molecule has 0 amide bonds. The molecule has 1 unspecified atom stereocenters. The van der Waals surface area contributed by atoms with Gasteiger partial charge in [0.1, 0.15) is 0 Å². The molecule has 0 aromatic carbocycles. The van der Waals surface area contributed by atoms with Crippen molar-refractivity contribution in [3.05, 3.63) is 23.9 Å². The quantitative estimate of drug-likeness (QED) is 0.776.